The Kier molecular flexibility index (Phi) is 4.08. The summed E-state index contributed by atoms with van der Waals surface area (Å²) in [4.78, 5) is 15.8. The summed E-state index contributed by atoms with van der Waals surface area (Å²) in [6.45, 7) is 0. The highest BCUT2D eigenvalue weighted by atomic mass is 19.4. The predicted molar refractivity (Wildman–Crippen MR) is 85.7 cm³/mol. The van der Waals surface area contributed by atoms with Crippen molar-refractivity contribution in [1.82, 2.24) is 4.98 Å². The number of carboxylic acid groups (broad SMARTS) is 1. The van der Waals surface area contributed by atoms with Crippen molar-refractivity contribution >= 4 is 16.9 Å². The van der Waals surface area contributed by atoms with Gasteiger partial charge in [0.15, 0.2) is 0 Å². The van der Waals surface area contributed by atoms with Crippen LogP contribution in [0.4, 0.5) is 13.2 Å². The monoisotopic (exact) mass is 347 g/mol. The van der Waals surface area contributed by atoms with Gasteiger partial charge in [-0.05, 0) is 36.4 Å². The van der Waals surface area contributed by atoms with Crippen LogP contribution in [0.3, 0.4) is 0 Å². The molecule has 0 aliphatic rings. The Morgan fingerprint density at radius 3 is 2.52 bits per heavy atom. The van der Waals surface area contributed by atoms with Crippen molar-refractivity contribution in [1.29, 1.82) is 0 Å². The lowest BCUT2D eigenvalue weighted by molar-refractivity contribution is -0.137. The quantitative estimate of drug-likeness (QED) is 0.751. The molecule has 1 aromatic heterocycles. The molecule has 2 aromatic carbocycles. The summed E-state index contributed by atoms with van der Waals surface area (Å²) >= 11 is 0. The van der Waals surface area contributed by atoms with Gasteiger partial charge in [0.2, 0.25) is 0 Å². The summed E-state index contributed by atoms with van der Waals surface area (Å²) < 4.78 is 43.8. The fourth-order valence-corrected chi connectivity index (χ4v) is 2.51. The van der Waals surface area contributed by atoms with Gasteiger partial charge in [-0.2, -0.15) is 13.2 Å². The minimum atomic E-state index is -4.56. The molecule has 128 valence electrons. The normalized spacial score (nSPS) is 11.5. The summed E-state index contributed by atoms with van der Waals surface area (Å²) in [5, 5.41) is 9.35. The van der Waals surface area contributed by atoms with Gasteiger partial charge < -0.3 is 9.84 Å². The van der Waals surface area contributed by atoms with Gasteiger partial charge in [0.1, 0.15) is 5.75 Å². The van der Waals surface area contributed by atoms with Crippen LogP contribution in [0.1, 0.15) is 15.9 Å². The first-order valence-electron chi connectivity index (χ1n) is 7.19. The molecule has 0 saturated carbocycles. The van der Waals surface area contributed by atoms with Crippen LogP contribution >= 0.6 is 0 Å². The number of benzene rings is 2. The molecule has 25 heavy (non-hydrogen) atoms. The zero-order chi connectivity index (χ0) is 18.2. The molecule has 0 amide bonds. The topological polar surface area (TPSA) is 59.4 Å². The van der Waals surface area contributed by atoms with E-state index in [9.17, 15) is 23.1 Å². The number of hydrogen-bond donors (Lipinski definition) is 1. The number of pyridine rings is 1. The highest BCUT2D eigenvalue weighted by molar-refractivity contribution is 6.04. The van der Waals surface area contributed by atoms with Crippen molar-refractivity contribution < 1.29 is 27.8 Å². The molecule has 0 unspecified atom stereocenters. The second-order valence-electron chi connectivity index (χ2n) is 5.32. The number of halogens is 3. The van der Waals surface area contributed by atoms with Crippen LogP contribution in [0, 0.1) is 0 Å². The smallest absolute Gasteiger partial charge is 0.416 e. The zero-order valence-corrected chi connectivity index (χ0v) is 13.0. The van der Waals surface area contributed by atoms with Crippen molar-refractivity contribution in [2.45, 2.75) is 6.18 Å². The molecular formula is C18H12F3NO3. The van der Waals surface area contributed by atoms with Crippen molar-refractivity contribution in [3.63, 3.8) is 0 Å². The standard InChI is InChI=1S/C18H12F3NO3/c1-25-12-4-2-3-10(7-12)16-9-14(17(23)24)13-8-11(18(19,20)21)5-6-15(13)22-16/h2-9H,1H3,(H,23,24). The molecular weight excluding hydrogens is 335 g/mol. The van der Waals surface area contributed by atoms with Crippen molar-refractivity contribution in [2.24, 2.45) is 0 Å². The molecule has 0 radical (unpaired) electrons. The average molecular weight is 347 g/mol. The van der Waals surface area contributed by atoms with Gasteiger partial charge in [-0.3, -0.25) is 0 Å². The highest BCUT2D eigenvalue weighted by Gasteiger charge is 2.31. The van der Waals surface area contributed by atoms with Gasteiger partial charge in [-0.1, -0.05) is 12.1 Å². The van der Waals surface area contributed by atoms with E-state index in [-0.39, 0.29) is 16.5 Å². The van der Waals surface area contributed by atoms with Crippen LogP contribution in [0.2, 0.25) is 0 Å². The molecule has 3 rings (SSSR count). The van der Waals surface area contributed by atoms with Crippen LogP contribution in [0.15, 0.2) is 48.5 Å². The molecule has 0 aliphatic carbocycles. The number of alkyl halides is 3. The van der Waals surface area contributed by atoms with Gasteiger partial charge in [0.25, 0.3) is 0 Å². The maximum atomic E-state index is 12.9. The molecule has 0 bridgehead atoms. The number of hydrogen-bond acceptors (Lipinski definition) is 3. The predicted octanol–water partition coefficient (Wildman–Crippen LogP) is 4.63. The number of carboxylic acids is 1. The van der Waals surface area contributed by atoms with Crippen molar-refractivity contribution in [3.05, 3.63) is 59.7 Å². The van der Waals surface area contributed by atoms with Crippen LogP contribution in [-0.2, 0) is 6.18 Å². The summed E-state index contributed by atoms with van der Waals surface area (Å²) in [5.41, 5.74) is -0.0507. The number of nitrogens with zero attached hydrogens (tertiary/aromatic N) is 1. The van der Waals surface area contributed by atoms with Crippen LogP contribution in [0.25, 0.3) is 22.2 Å². The van der Waals surface area contributed by atoms with E-state index in [0.29, 0.717) is 17.0 Å². The Labute approximate surface area is 140 Å². The molecule has 7 heteroatoms. The first-order chi connectivity index (χ1) is 11.8. The molecule has 1 heterocycles. The Bertz CT molecular complexity index is 967. The highest BCUT2D eigenvalue weighted by Crippen LogP contribution is 2.33. The number of fused-ring (bicyclic) bond motifs is 1. The maximum absolute atomic E-state index is 12.9. The molecule has 4 nitrogen and oxygen atoms in total. The molecule has 0 fully saturated rings. The van der Waals surface area contributed by atoms with E-state index < -0.39 is 17.7 Å². The van der Waals surface area contributed by atoms with Gasteiger partial charge in [-0.25, -0.2) is 9.78 Å². The van der Waals surface area contributed by atoms with E-state index in [2.05, 4.69) is 4.98 Å². The van der Waals surface area contributed by atoms with Crippen LogP contribution in [-0.4, -0.2) is 23.2 Å². The van der Waals surface area contributed by atoms with Gasteiger partial charge in [0, 0.05) is 10.9 Å². The van der Waals surface area contributed by atoms with Crippen LogP contribution in [0.5, 0.6) is 5.75 Å². The largest absolute Gasteiger partial charge is 0.497 e. The van der Waals surface area contributed by atoms with Crippen molar-refractivity contribution in [3.8, 4) is 17.0 Å². The lowest BCUT2D eigenvalue weighted by Gasteiger charge is -2.11. The Morgan fingerprint density at radius 1 is 1.12 bits per heavy atom. The molecule has 0 spiro atoms. The van der Waals surface area contributed by atoms with Gasteiger partial charge in [-0.15, -0.1) is 0 Å². The number of methoxy groups -OCH3 is 1. The number of aromatic carboxylic acids is 1. The van der Waals surface area contributed by atoms with Crippen molar-refractivity contribution in [2.75, 3.05) is 7.11 Å². The van der Waals surface area contributed by atoms with E-state index >= 15 is 0 Å². The lowest BCUT2D eigenvalue weighted by Crippen LogP contribution is -2.06. The molecule has 0 aliphatic heterocycles. The number of carbonyl (C=O) groups is 1. The molecule has 0 atom stereocenters. The van der Waals surface area contributed by atoms with E-state index in [4.69, 9.17) is 4.74 Å². The summed E-state index contributed by atoms with van der Waals surface area (Å²) in [6.07, 6.45) is -4.56. The number of ether oxygens (including phenoxy) is 1. The van der Waals surface area contributed by atoms with Crippen LogP contribution < -0.4 is 4.74 Å². The van der Waals surface area contributed by atoms with Gasteiger partial charge >= 0.3 is 12.1 Å². The average Bonchev–Trinajstić information content (AvgIpc) is 2.59. The second-order valence-corrected chi connectivity index (χ2v) is 5.32. The second kappa shape index (κ2) is 6.08. The SMILES string of the molecule is COc1cccc(-c2cc(C(=O)O)c3cc(C(F)(F)F)ccc3n2)c1. The lowest BCUT2D eigenvalue weighted by atomic mass is 10.0. The van der Waals surface area contributed by atoms with Gasteiger partial charge in [0.05, 0.1) is 29.4 Å². The maximum Gasteiger partial charge on any atom is 0.416 e. The first kappa shape index (κ1) is 16.8. The third-order valence-electron chi connectivity index (χ3n) is 3.73. The van der Waals surface area contributed by atoms with E-state index in [1.165, 1.54) is 19.2 Å². The Hall–Kier alpha value is -3.09. The van der Waals surface area contributed by atoms with E-state index in [1.54, 1.807) is 24.3 Å². The third kappa shape index (κ3) is 3.26. The summed E-state index contributed by atoms with van der Waals surface area (Å²) in [5.74, 6) is -0.764. The minimum absolute atomic E-state index is 0.0611. The molecule has 3 aromatic rings. The van der Waals surface area contributed by atoms with E-state index in [0.717, 1.165) is 12.1 Å². The fraction of sp³-hybridized carbons (Fsp3) is 0.111. The summed E-state index contributed by atoms with van der Waals surface area (Å²) in [6, 6.07) is 11.0. The number of rotatable bonds is 3. The minimum Gasteiger partial charge on any atom is -0.497 e. The van der Waals surface area contributed by atoms with E-state index in [1.807, 2.05) is 0 Å². The summed E-state index contributed by atoms with van der Waals surface area (Å²) in [7, 11) is 1.49. The third-order valence-corrected chi connectivity index (χ3v) is 3.73. The molecule has 1 N–H and O–H groups in total. The number of aromatic nitrogens is 1. The first-order valence-corrected chi connectivity index (χ1v) is 7.19. The Balaban J connectivity index is 2.25. The Morgan fingerprint density at radius 2 is 1.88 bits per heavy atom. The zero-order valence-electron chi connectivity index (χ0n) is 13.0. The molecule has 0 saturated heterocycles. The fourth-order valence-electron chi connectivity index (χ4n) is 2.51.